The van der Waals surface area contributed by atoms with Gasteiger partial charge in [-0.1, -0.05) is 37.3 Å². The molecule has 0 bridgehead atoms. The first-order chi connectivity index (χ1) is 17.4. The first-order valence-corrected chi connectivity index (χ1v) is 14.9. The van der Waals surface area contributed by atoms with Crippen LogP contribution in [0.4, 0.5) is 0 Å². The van der Waals surface area contributed by atoms with Gasteiger partial charge in [-0.3, -0.25) is 4.79 Å². The van der Waals surface area contributed by atoms with Crippen molar-refractivity contribution in [2.45, 2.75) is 101 Å². The van der Waals surface area contributed by atoms with Gasteiger partial charge in [0.1, 0.15) is 18.3 Å². The van der Waals surface area contributed by atoms with Crippen molar-refractivity contribution >= 4 is 15.7 Å². The predicted molar refractivity (Wildman–Crippen MR) is 135 cm³/mol. The van der Waals surface area contributed by atoms with Crippen LogP contribution in [0.1, 0.15) is 46.6 Å². The fourth-order valence-electron chi connectivity index (χ4n) is 6.74. The minimum absolute atomic E-state index is 0.0313. The number of hydrogen-bond acceptors (Lipinski definition) is 8. The van der Waals surface area contributed by atoms with E-state index in [2.05, 4.69) is 0 Å². The Hall–Kier alpha value is -1.56. The first kappa shape index (κ1) is 27.0. The van der Waals surface area contributed by atoms with E-state index in [1.807, 2.05) is 51.1 Å². The molecular weight excluding hydrogens is 498 g/mol. The summed E-state index contributed by atoms with van der Waals surface area (Å²) in [6.45, 7) is 9.43. The average Bonchev–Trinajstić information content (AvgIpc) is 3.43. The number of fused-ring (bicyclic) bond motifs is 1. The van der Waals surface area contributed by atoms with Crippen LogP contribution < -0.4 is 0 Å². The van der Waals surface area contributed by atoms with Crippen molar-refractivity contribution in [3.05, 3.63) is 35.9 Å². The van der Waals surface area contributed by atoms with Crippen LogP contribution >= 0.6 is 0 Å². The summed E-state index contributed by atoms with van der Waals surface area (Å²) in [7, 11) is -2.10. The summed E-state index contributed by atoms with van der Waals surface area (Å²) in [6.07, 6.45) is -1.46. The van der Waals surface area contributed by atoms with Gasteiger partial charge >= 0.3 is 0 Å². The summed E-state index contributed by atoms with van der Waals surface area (Å²) in [5, 5.41) is -0.831. The first-order valence-electron chi connectivity index (χ1n) is 13.2. The highest BCUT2D eigenvalue weighted by Gasteiger charge is 2.70. The maximum absolute atomic E-state index is 14.0. The van der Waals surface area contributed by atoms with Gasteiger partial charge in [-0.05, 0) is 46.1 Å². The van der Waals surface area contributed by atoms with Crippen molar-refractivity contribution in [1.82, 2.24) is 4.90 Å². The molecule has 4 aliphatic rings. The molecule has 0 saturated carbocycles. The predicted octanol–water partition coefficient (Wildman–Crippen LogP) is 2.32. The molecule has 4 heterocycles. The quantitative estimate of drug-likeness (QED) is 0.466. The van der Waals surface area contributed by atoms with Gasteiger partial charge in [0.05, 0.1) is 29.7 Å². The van der Waals surface area contributed by atoms with Crippen LogP contribution in [0.25, 0.3) is 0 Å². The Bertz CT molecular complexity index is 1110. The molecule has 37 heavy (non-hydrogen) atoms. The third-order valence-electron chi connectivity index (χ3n) is 8.02. The second-order valence-corrected chi connectivity index (χ2v) is 13.8. The highest BCUT2D eigenvalue weighted by atomic mass is 32.2. The zero-order chi connectivity index (χ0) is 26.8. The van der Waals surface area contributed by atoms with Gasteiger partial charge in [-0.2, -0.15) is 0 Å². The molecule has 5 rings (SSSR count). The zero-order valence-corrected chi connectivity index (χ0v) is 23.3. The van der Waals surface area contributed by atoms with Crippen LogP contribution in [0.15, 0.2) is 30.3 Å². The molecule has 0 spiro atoms. The molecular formula is C27H39NO8S. The molecule has 10 heteroatoms. The molecule has 206 valence electrons. The Morgan fingerprint density at radius 2 is 1.68 bits per heavy atom. The number of carbonyl (C=O) groups is 1. The number of ether oxygens (including phenoxy) is 5. The van der Waals surface area contributed by atoms with Gasteiger partial charge in [-0.15, -0.1) is 0 Å². The molecule has 1 aromatic carbocycles. The largest absolute Gasteiger partial charge is 0.369 e. The molecule has 4 saturated heterocycles. The fraction of sp³-hybridized carbons (Fsp3) is 0.741. The van der Waals surface area contributed by atoms with Crippen LogP contribution in [0, 0.1) is 5.92 Å². The van der Waals surface area contributed by atoms with Crippen LogP contribution in [-0.4, -0.2) is 92.0 Å². The van der Waals surface area contributed by atoms with E-state index in [1.54, 1.807) is 18.7 Å². The van der Waals surface area contributed by atoms with Crippen LogP contribution in [0.5, 0.6) is 0 Å². The van der Waals surface area contributed by atoms with Gasteiger partial charge in [-0.25, -0.2) is 8.42 Å². The lowest BCUT2D eigenvalue weighted by Crippen LogP contribution is -2.68. The van der Waals surface area contributed by atoms with E-state index in [9.17, 15) is 13.2 Å². The highest BCUT2D eigenvalue weighted by molar-refractivity contribution is 7.92. The van der Waals surface area contributed by atoms with Crippen molar-refractivity contribution in [1.29, 1.82) is 0 Å². The molecule has 0 unspecified atom stereocenters. The third-order valence-corrected chi connectivity index (χ3v) is 10.5. The number of benzene rings is 1. The molecule has 0 N–H and O–H groups in total. The van der Waals surface area contributed by atoms with Crippen LogP contribution in [0.2, 0.25) is 0 Å². The van der Waals surface area contributed by atoms with Gasteiger partial charge in [0.25, 0.3) is 5.91 Å². The van der Waals surface area contributed by atoms with Crippen molar-refractivity contribution in [3.8, 4) is 0 Å². The molecule has 0 aromatic heterocycles. The Morgan fingerprint density at radius 1 is 1.00 bits per heavy atom. The average molecular weight is 538 g/mol. The minimum atomic E-state index is -3.61. The van der Waals surface area contributed by atoms with Crippen molar-refractivity contribution < 1.29 is 36.9 Å². The smallest absolute Gasteiger partial charge is 0.254 e. The lowest BCUT2D eigenvalue weighted by Gasteiger charge is -2.47. The number of sulfone groups is 1. The molecule has 8 atom stereocenters. The molecule has 0 aliphatic carbocycles. The van der Waals surface area contributed by atoms with E-state index in [0.717, 1.165) is 5.56 Å². The molecule has 0 radical (unpaired) electrons. The fourth-order valence-corrected chi connectivity index (χ4v) is 9.08. The number of hydrogen-bond donors (Lipinski definition) is 0. The molecule has 9 nitrogen and oxygen atoms in total. The topological polar surface area (TPSA) is 101 Å². The van der Waals surface area contributed by atoms with E-state index in [4.69, 9.17) is 23.7 Å². The lowest BCUT2D eigenvalue weighted by atomic mass is 9.84. The zero-order valence-electron chi connectivity index (χ0n) is 22.5. The minimum Gasteiger partial charge on any atom is -0.369 e. The van der Waals surface area contributed by atoms with Crippen molar-refractivity contribution in [3.63, 3.8) is 0 Å². The lowest BCUT2D eigenvalue weighted by molar-refractivity contribution is -0.181. The summed E-state index contributed by atoms with van der Waals surface area (Å²) in [4.78, 5) is 15.1. The van der Waals surface area contributed by atoms with Crippen molar-refractivity contribution in [2.75, 3.05) is 19.5 Å². The van der Waals surface area contributed by atoms with E-state index >= 15 is 0 Å². The Morgan fingerprint density at radius 3 is 2.27 bits per heavy atom. The number of rotatable bonds is 8. The number of carbonyl (C=O) groups excluding carboxylic acids is 1. The molecule has 4 fully saturated rings. The second-order valence-electron chi connectivity index (χ2n) is 11.5. The molecule has 4 aliphatic heterocycles. The SMILES string of the molecule is CCCS(=O)(=O)[C@H]1[C@H](Cc2ccccc2)[C@H]2[C@@H](OC)C(=O)N2[C@@H]1[C@H]1OC(C)(C)O[C@@H]1[C@H]1COC(C)(C)O1. The second kappa shape index (κ2) is 9.57. The normalized spacial score (nSPS) is 38.5. The molecule has 1 amide bonds. The maximum atomic E-state index is 14.0. The number of methoxy groups -OCH3 is 1. The summed E-state index contributed by atoms with van der Waals surface area (Å²) in [5.41, 5.74) is 1.02. The monoisotopic (exact) mass is 537 g/mol. The molecule has 1 aromatic rings. The number of β-lactam (4-membered cyclic amide) rings is 1. The van der Waals surface area contributed by atoms with Gasteiger partial charge in [0, 0.05) is 13.0 Å². The summed E-state index contributed by atoms with van der Waals surface area (Å²) >= 11 is 0. The Balaban J connectivity index is 1.59. The van der Waals surface area contributed by atoms with Crippen LogP contribution in [-0.2, 0) is 44.7 Å². The third kappa shape index (κ3) is 4.74. The highest BCUT2D eigenvalue weighted by Crippen LogP contribution is 2.50. The number of amides is 1. The maximum Gasteiger partial charge on any atom is 0.254 e. The van der Waals surface area contributed by atoms with E-state index < -0.39 is 57.1 Å². The standard InChI is InChI=1S/C27H39NO8S/c1-7-13-37(30,31)24-17(14-16-11-9-8-10-12-16)19-23(32-6)25(29)28(19)20(24)22-21(35-27(4,5)36-22)18-15-33-26(2,3)34-18/h8-12,17-24H,7,13-15H2,1-6H3/t17-,18-,19+,20-,21-,22-,23-,24+/m1/s1. The van der Waals surface area contributed by atoms with Gasteiger partial charge in [0.2, 0.25) is 0 Å². The number of nitrogens with zero attached hydrogens (tertiary/aromatic N) is 1. The summed E-state index contributed by atoms with van der Waals surface area (Å²) < 4.78 is 58.3. The van der Waals surface area contributed by atoms with Crippen LogP contribution in [0.3, 0.4) is 0 Å². The van der Waals surface area contributed by atoms with Gasteiger partial charge in [0.15, 0.2) is 27.5 Å². The summed E-state index contributed by atoms with van der Waals surface area (Å²) in [5.74, 6) is -2.30. The Labute approximate surface area is 219 Å². The van der Waals surface area contributed by atoms with E-state index in [-0.39, 0.29) is 30.2 Å². The summed E-state index contributed by atoms with van der Waals surface area (Å²) in [6, 6.07) is 8.72. The van der Waals surface area contributed by atoms with E-state index in [0.29, 0.717) is 12.8 Å². The Kier molecular flexibility index (Phi) is 6.99. The van der Waals surface area contributed by atoms with E-state index in [1.165, 1.54) is 7.11 Å². The van der Waals surface area contributed by atoms with Crippen molar-refractivity contribution in [2.24, 2.45) is 5.92 Å². The van der Waals surface area contributed by atoms with Gasteiger partial charge < -0.3 is 28.6 Å².